The van der Waals surface area contributed by atoms with Gasteiger partial charge in [0.15, 0.2) is 5.78 Å². The average Bonchev–Trinajstić information content (AvgIpc) is 2.96. The Balaban J connectivity index is 2.13. The lowest BCUT2D eigenvalue weighted by Crippen LogP contribution is -2.08. The molecular formula is C12H16N4OS. The maximum absolute atomic E-state index is 12.1. The molecule has 0 aromatic carbocycles. The fraction of sp³-hybridized carbons (Fsp3) is 0.417. The highest BCUT2D eigenvalue weighted by Gasteiger charge is 2.14. The van der Waals surface area contributed by atoms with Crippen LogP contribution in [-0.4, -0.2) is 20.5 Å². The van der Waals surface area contributed by atoms with Crippen LogP contribution in [0.5, 0.6) is 0 Å². The highest BCUT2D eigenvalue weighted by atomic mass is 32.1. The van der Waals surface area contributed by atoms with Gasteiger partial charge < -0.3 is 5.73 Å². The van der Waals surface area contributed by atoms with Gasteiger partial charge in [0, 0.05) is 24.7 Å². The van der Waals surface area contributed by atoms with Gasteiger partial charge in [-0.3, -0.25) is 9.48 Å². The van der Waals surface area contributed by atoms with Gasteiger partial charge in [-0.15, -0.1) is 11.3 Å². The van der Waals surface area contributed by atoms with Crippen molar-refractivity contribution in [1.82, 2.24) is 14.8 Å². The van der Waals surface area contributed by atoms with E-state index in [9.17, 15) is 4.79 Å². The Bertz CT molecular complexity index is 558. The third kappa shape index (κ3) is 2.65. The van der Waals surface area contributed by atoms with Crippen molar-refractivity contribution in [3.8, 4) is 0 Å². The first-order valence-corrected chi connectivity index (χ1v) is 6.71. The number of nitrogens with two attached hydrogens (primary N) is 1. The molecule has 96 valence electrons. The number of carbonyl (C=O) groups excluding carboxylic acids is 1. The van der Waals surface area contributed by atoms with Crippen molar-refractivity contribution in [3.63, 3.8) is 0 Å². The lowest BCUT2D eigenvalue weighted by atomic mass is 10.1. The summed E-state index contributed by atoms with van der Waals surface area (Å²) in [5, 5.41) is 6.88. The van der Waals surface area contributed by atoms with Gasteiger partial charge >= 0.3 is 0 Å². The van der Waals surface area contributed by atoms with Gasteiger partial charge in [0.25, 0.3) is 0 Å². The topological polar surface area (TPSA) is 73.8 Å². The molecule has 0 aliphatic rings. The zero-order valence-electron chi connectivity index (χ0n) is 10.5. The number of ketones is 1. The summed E-state index contributed by atoms with van der Waals surface area (Å²) in [6.45, 7) is 2.42. The summed E-state index contributed by atoms with van der Waals surface area (Å²) in [5.74, 6) is 0.0107. The van der Waals surface area contributed by atoms with Crippen LogP contribution in [0.4, 0.5) is 0 Å². The van der Waals surface area contributed by atoms with E-state index in [4.69, 9.17) is 5.73 Å². The first kappa shape index (κ1) is 12.9. The SMILES string of the molecule is CCc1cc(CC(=O)c2csc(CN)n2)n(C)n1. The monoisotopic (exact) mass is 264 g/mol. The second kappa shape index (κ2) is 5.41. The van der Waals surface area contributed by atoms with E-state index in [0.717, 1.165) is 22.8 Å². The minimum atomic E-state index is 0.0107. The van der Waals surface area contributed by atoms with Gasteiger partial charge in [0.2, 0.25) is 0 Å². The molecule has 5 nitrogen and oxygen atoms in total. The van der Waals surface area contributed by atoms with E-state index in [-0.39, 0.29) is 5.78 Å². The zero-order chi connectivity index (χ0) is 13.1. The third-order valence-corrected chi connectivity index (χ3v) is 3.61. The van der Waals surface area contributed by atoms with E-state index in [1.54, 1.807) is 10.1 Å². The molecule has 0 bridgehead atoms. The van der Waals surface area contributed by atoms with Crippen molar-refractivity contribution in [1.29, 1.82) is 0 Å². The smallest absolute Gasteiger partial charge is 0.187 e. The van der Waals surface area contributed by atoms with Crippen LogP contribution in [0.2, 0.25) is 0 Å². The number of aryl methyl sites for hydroxylation is 2. The van der Waals surface area contributed by atoms with E-state index in [1.165, 1.54) is 11.3 Å². The Morgan fingerprint density at radius 1 is 1.56 bits per heavy atom. The fourth-order valence-corrected chi connectivity index (χ4v) is 2.38. The predicted molar refractivity (Wildman–Crippen MR) is 70.6 cm³/mol. The molecule has 2 N–H and O–H groups in total. The number of nitrogens with zero attached hydrogens (tertiary/aromatic N) is 3. The molecule has 6 heteroatoms. The molecule has 0 aliphatic heterocycles. The lowest BCUT2D eigenvalue weighted by Gasteiger charge is -1.98. The molecule has 0 unspecified atom stereocenters. The molecule has 0 saturated carbocycles. The second-order valence-electron chi connectivity index (χ2n) is 4.03. The predicted octanol–water partition coefficient (Wildman–Crippen LogP) is 1.32. The van der Waals surface area contributed by atoms with E-state index >= 15 is 0 Å². The molecule has 0 saturated heterocycles. The van der Waals surface area contributed by atoms with Gasteiger partial charge in [-0.05, 0) is 12.5 Å². The van der Waals surface area contributed by atoms with E-state index in [2.05, 4.69) is 10.1 Å². The average molecular weight is 264 g/mol. The van der Waals surface area contributed by atoms with Crippen molar-refractivity contribution in [2.75, 3.05) is 0 Å². The summed E-state index contributed by atoms with van der Waals surface area (Å²) in [7, 11) is 1.86. The molecule has 0 fully saturated rings. The summed E-state index contributed by atoms with van der Waals surface area (Å²) in [4.78, 5) is 16.3. The van der Waals surface area contributed by atoms with Crippen LogP contribution in [-0.2, 0) is 26.4 Å². The van der Waals surface area contributed by atoms with Crippen LogP contribution in [0.3, 0.4) is 0 Å². The molecule has 0 spiro atoms. The Hall–Kier alpha value is -1.53. The van der Waals surface area contributed by atoms with Crippen molar-refractivity contribution in [2.45, 2.75) is 26.3 Å². The first-order valence-electron chi connectivity index (χ1n) is 5.83. The highest BCUT2D eigenvalue weighted by Crippen LogP contribution is 2.13. The summed E-state index contributed by atoms with van der Waals surface area (Å²) in [5.41, 5.74) is 7.90. The molecule has 2 rings (SSSR count). The Morgan fingerprint density at radius 2 is 2.33 bits per heavy atom. The van der Waals surface area contributed by atoms with E-state index < -0.39 is 0 Å². The van der Waals surface area contributed by atoms with Gasteiger partial charge in [-0.1, -0.05) is 6.92 Å². The Morgan fingerprint density at radius 3 is 2.89 bits per heavy atom. The maximum Gasteiger partial charge on any atom is 0.187 e. The first-order chi connectivity index (χ1) is 8.63. The quantitative estimate of drug-likeness (QED) is 0.827. The third-order valence-electron chi connectivity index (χ3n) is 2.74. The van der Waals surface area contributed by atoms with Crippen LogP contribution >= 0.6 is 11.3 Å². The minimum Gasteiger partial charge on any atom is -0.325 e. The standard InChI is InChI=1S/C12H16N4OS/c1-3-8-4-9(16(2)15-8)5-11(17)10-7-18-12(6-13)14-10/h4,7H,3,5-6,13H2,1-2H3. The number of hydrogen-bond donors (Lipinski definition) is 1. The molecular weight excluding hydrogens is 248 g/mol. The second-order valence-corrected chi connectivity index (χ2v) is 4.98. The molecule has 2 aromatic heterocycles. The Labute approximate surface area is 110 Å². The number of carbonyl (C=O) groups is 1. The summed E-state index contributed by atoms with van der Waals surface area (Å²) in [6.07, 6.45) is 1.20. The molecule has 18 heavy (non-hydrogen) atoms. The minimum absolute atomic E-state index is 0.0107. The lowest BCUT2D eigenvalue weighted by molar-refractivity contribution is 0.0986. The maximum atomic E-state index is 12.1. The highest BCUT2D eigenvalue weighted by molar-refractivity contribution is 7.09. The van der Waals surface area contributed by atoms with E-state index in [1.807, 2.05) is 20.0 Å². The van der Waals surface area contributed by atoms with Gasteiger partial charge in [-0.25, -0.2) is 4.98 Å². The Kier molecular flexibility index (Phi) is 3.88. The number of aromatic nitrogens is 3. The molecule has 0 amide bonds. The normalized spacial score (nSPS) is 10.8. The van der Waals surface area contributed by atoms with Crippen LogP contribution in [0, 0.1) is 0 Å². The number of hydrogen-bond acceptors (Lipinski definition) is 5. The van der Waals surface area contributed by atoms with Crippen molar-refractivity contribution in [2.24, 2.45) is 12.8 Å². The number of Topliss-reactive ketones (excluding diaryl/α,β-unsaturated/α-hetero) is 1. The molecule has 2 heterocycles. The largest absolute Gasteiger partial charge is 0.325 e. The van der Waals surface area contributed by atoms with Crippen LogP contribution in [0.25, 0.3) is 0 Å². The van der Waals surface area contributed by atoms with Gasteiger partial charge in [0.1, 0.15) is 10.7 Å². The molecule has 0 radical (unpaired) electrons. The van der Waals surface area contributed by atoms with Crippen molar-refractivity contribution in [3.05, 3.63) is 33.5 Å². The number of rotatable bonds is 5. The van der Waals surface area contributed by atoms with Crippen molar-refractivity contribution < 1.29 is 4.79 Å². The van der Waals surface area contributed by atoms with Crippen molar-refractivity contribution >= 4 is 17.1 Å². The number of thiazole rings is 1. The molecule has 0 aliphatic carbocycles. The molecule has 2 aromatic rings. The summed E-state index contributed by atoms with van der Waals surface area (Å²) < 4.78 is 1.76. The summed E-state index contributed by atoms with van der Waals surface area (Å²) >= 11 is 1.42. The van der Waals surface area contributed by atoms with Gasteiger partial charge in [-0.2, -0.15) is 5.10 Å². The molecule has 0 atom stereocenters. The zero-order valence-corrected chi connectivity index (χ0v) is 11.3. The van der Waals surface area contributed by atoms with Crippen LogP contribution in [0.15, 0.2) is 11.4 Å². The fourth-order valence-electron chi connectivity index (χ4n) is 1.70. The van der Waals surface area contributed by atoms with Crippen LogP contribution in [0.1, 0.15) is 33.8 Å². The van der Waals surface area contributed by atoms with Crippen LogP contribution < -0.4 is 5.73 Å². The summed E-state index contributed by atoms with van der Waals surface area (Å²) in [6, 6.07) is 1.97. The van der Waals surface area contributed by atoms with E-state index in [0.29, 0.717) is 18.7 Å². The van der Waals surface area contributed by atoms with Gasteiger partial charge in [0.05, 0.1) is 12.1 Å².